The number of fused-ring (bicyclic) bond motifs is 2. The van der Waals surface area contributed by atoms with Crippen LogP contribution in [0.5, 0.6) is 0 Å². The first-order valence-corrected chi connectivity index (χ1v) is 19.8. The molecule has 0 aliphatic heterocycles. The molecule has 4 aliphatic carbocycles. The fourth-order valence-electron chi connectivity index (χ4n) is 6.03. The Balaban J connectivity index is 0.00000185. The Labute approximate surface area is 257 Å². The van der Waals surface area contributed by atoms with Crippen molar-refractivity contribution in [2.75, 3.05) is 0 Å². The number of benzene rings is 2. The number of hydrogen-bond donors (Lipinski definition) is 0. The summed E-state index contributed by atoms with van der Waals surface area (Å²) >= 11 is -1.88. The average molecular weight is 612 g/mol. The zero-order valence-corrected chi connectivity index (χ0v) is 27.4. The summed E-state index contributed by atoms with van der Waals surface area (Å²) in [5.74, 6) is 0. The minimum Gasteiger partial charge on any atom is -1.00 e. The monoisotopic (exact) mass is 610 g/mol. The molecule has 6 rings (SSSR count). The van der Waals surface area contributed by atoms with Crippen molar-refractivity contribution >= 4 is 13.9 Å². The topological polar surface area (TPSA) is 0 Å². The molecule has 4 aliphatic rings. The van der Waals surface area contributed by atoms with E-state index < -0.39 is 22.8 Å². The van der Waals surface area contributed by atoms with Crippen LogP contribution >= 0.6 is 0 Å². The molecule has 0 fully saturated rings. The van der Waals surface area contributed by atoms with Gasteiger partial charge < -0.3 is 24.8 Å². The van der Waals surface area contributed by atoms with E-state index in [2.05, 4.69) is 148 Å². The third-order valence-corrected chi connectivity index (χ3v) is 19.0. The molecule has 0 spiro atoms. The zero-order chi connectivity index (χ0) is 26.2. The van der Waals surface area contributed by atoms with Gasteiger partial charge in [-0.25, -0.2) is 0 Å². The molecule has 198 valence electrons. The quantitative estimate of drug-likeness (QED) is 0.269. The molecule has 0 saturated carbocycles. The molecule has 0 aromatic heterocycles. The first-order valence-electron chi connectivity index (χ1n) is 13.4. The molecule has 0 saturated heterocycles. The number of hydrogen-bond acceptors (Lipinski definition) is 0. The molecule has 0 bridgehead atoms. The van der Waals surface area contributed by atoms with E-state index in [9.17, 15) is 0 Å². The molecule has 0 atom stereocenters. The van der Waals surface area contributed by atoms with Crippen LogP contribution in [0.25, 0.3) is 44.5 Å². The van der Waals surface area contributed by atoms with Crippen LogP contribution in [0.4, 0.5) is 0 Å². The van der Waals surface area contributed by atoms with Gasteiger partial charge >= 0.3 is 234 Å². The molecule has 2 aromatic carbocycles. The van der Waals surface area contributed by atoms with Crippen LogP contribution in [0, 0.1) is 13.8 Å². The number of halogens is 2. The molecule has 0 unspecified atom stereocenters. The average Bonchev–Trinajstić information content (AvgIpc) is 3.21. The van der Waals surface area contributed by atoms with E-state index in [1.807, 2.05) is 0 Å². The Bertz CT molecular complexity index is 1610. The smallest absolute Gasteiger partial charge is 1.00 e. The van der Waals surface area contributed by atoms with Crippen LogP contribution in [0.1, 0.15) is 11.1 Å². The van der Waals surface area contributed by atoms with Crippen LogP contribution in [-0.2, 0) is 16.6 Å². The Morgan fingerprint density at radius 1 is 0.425 bits per heavy atom. The molecule has 0 N–H and O–H groups in total. The van der Waals surface area contributed by atoms with Gasteiger partial charge in [0, 0.05) is 0 Å². The fourth-order valence-corrected chi connectivity index (χ4v) is 17.8. The van der Waals surface area contributed by atoms with Gasteiger partial charge in [-0.3, -0.25) is 0 Å². The van der Waals surface area contributed by atoms with E-state index in [0.717, 1.165) is 0 Å². The third-order valence-electron chi connectivity index (χ3n) is 7.65. The summed E-state index contributed by atoms with van der Waals surface area (Å²) in [4.78, 5) is 0. The van der Waals surface area contributed by atoms with E-state index in [1.54, 1.807) is 7.74 Å². The summed E-state index contributed by atoms with van der Waals surface area (Å²) in [5, 5.41) is 0. The van der Waals surface area contributed by atoms with Crippen molar-refractivity contribution in [1.82, 2.24) is 0 Å². The Hall–Kier alpha value is -2.65. The maximum Gasteiger partial charge on any atom is -1.00 e. The predicted octanol–water partition coefficient (Wildman–Crippen LogP) is 2.68. The van der Waals surface area contributed by atoms with Gasteiger partial charge in [0.15, 0.2) is 0 Å². The molecular formula is C36H32Cl2SiTi. The van der Waals surface area contributed by atoms with E-state index in [-0.39, 0.29) is 24.8 Å². The minimum atomic E-state index is -1.88. The van der Waals surface area contributed by atoms with Crippen LogP contribution in [0.15, 0.2) is 121 Å². The van der Waals surface area contributed by atoms with Crippen LogP contribution in [-0.4, -0.2) is 6.19 Å². The normalized spacial score (nSPS) is 10.4. The predicted molar refractivity (Wildman–Crippen MR) is 163 cm³/mol. The number of rotatable bonds is 4. The van der Waals surface area contributed by atoms with Crippen molar-refractivity contribution in [3.63, 3.8) is 0 Å². The molecule has 4 heteroatoms. The minimum absolute atomic E-state index is 0. The largest absolute Gasteiger partial charge is 1.00 e. The molecule has 0 amide bonds. The van der Waals surface area contributed by atoms with Gasteiger partial charge in [0.2, 0.25) is 0 Å². The van der Waals surface area contributed by atoms with Gasteiger partial charge in [0.25, 0.3) is 0 Å². The summed E-state index contributed by atoms with van der Waals surface area (Å²) in [5.41, 5.74) is 13.9. The second-order valence-electron chi connectivity index (χ2n) is 10.4. The van der Waals surface area contributed by atoms with Gasteiger partial charge in [0.05, 0.1) is 0 Å². The fraction of sp³-hybridized carbons (Fsp3) is 0.111. The van der Waals surface area contributed by atoms with Crippen molar-refractivity contribution in [1.29, 1.82) is 0 Å². The summed E-state index contributed by atoms with van der Waals surface area (Å²) in [7, 11) is 0. The molecule has 0 nitrogen and oxygen atoms in total. The summed E-state index contributed by atoms with van der Waals surface area (Å²) < 4.78 is 3.35. The van der Waals surface area contributed by atoms with Crippen LogP contribution < -0.4 is 32.6 Å². The summed E-state index contributed by atoms with van der Waals surface area (Å²) in [6.07, 6.45) is -0.574. The third kappa shape index (κ3) is 5.47. The van der Waals surface area contributed by atoms with Crippen LogP contribution in [0.2, 0.25) is 13.1 Å². The zero-order valence-electron chi connectivity index (χ0n) is 23.3. The molecular weight excluding hydrogens is 579 g/mol. The first kappa shape index (κ1) is 30.3. The summed E-state index contributed by atoms with van der Waals surface area (Å²) in [6, 6.07) is 45.0. The maximum atomic E-state index is 2.55. The van der Waals surface area contributed by atoms with Gasteiger partial charge in [-0.05, 0) is 0 Å². The maximum absolute atomic E-state index is 2.55. The number of aryl methyl sites for hydroxylation is 2. The van der Waals surface area contributed by atoms with E-state index in [1.165, 1.54) is 55.6 Å². The van der Waals surface area contributed by atoms with Gasteiger partial charge in [-0.1, -0.05) is 0 Å². The molecule has 0 heterocycles. The van der Waals surface area contributed by atoms with Crippen molar-refractivity contribution in [2.24, 2.45) is 0 Å². The standard InChI is InChI=1S/2C17H13.C2H6Si.2ClH.Ti/c2*1-13-11-15-9-5-6-10-16(17(15)12-13)14-7-3-2-4-8-14;1-3-2;;;/h2*2-10,12H,1H3;1-2H3;2*1H;/q;;;;;+2/p-2. The van der Waals surface area contributed by atoms with Crippen molar-refractivity contribution in [3.05, 3.63) is 132 Å². The Morgan fingerprint density at radius 2 is 0.750 bits per heavy atom. The van der Waals surface area contributed by atoms with Crippen molar-refractivity contribution in [3.8, 4) is 44.5 Å². The first-order chi connectivity index (χ1) is 18.5. The van der Waals surface area contributed by atoms with E-state index >= 15 is 0 Å². The molecule has 0 radical (unpaired) electrons. The second kappa shape index (κ2) is 12.9. The van der Waals surface area contributed by atoms with Gasteiger partial charge in [0.1, 0.15) is 0 Å². The van der Waals surface area contributed by atoms with Crippen molar-refractivity contribution in [2.45, 2.75) is 26.9 Å². The van der Waals surface area contributed by atoms with E-state index in [4.69, 9.17) is 0 Å². The summed E-state index contributed by atoms with van der Waals surface area (Å²) in [6.45, 7) is 9.83. The molecule has 2 aromatic rings. The van der Waals surface area contributed by atoms with Crippen LogP contribution in [0.3, 0.4) is 0 Å². The van der Waals surface area contributed by atoms with Gasteiger partial charge in [-0.2, -0.15) is 0 Å². The van der Waals surface area contributed by atoms with E-state index in [0.29, 0.717) is 0 Å². The Kier molecular flexibility index (Phi) is 9.77. The Morgan fingerprint density at radius 3 is 1.10 bits per heavy atom. The second-order valence-corrected chi connectivity index (χ2v) is 21.9. The molecule has 40 heavy (non-hydrogen) atoms. The van der Waals surface area contributed by atoms with Crippen molar-refractivity contribution < 1.29 is 41.4 Å². The SMILES string of the molecule is Cc1cc2c(-c3ccccc3)ccccc-2[c]1[Ti+2]([c]1c(C)cc2c(-c3ccccc3)ccccc1-2)=[Si](C)C.[Cl-].[Cl-]. The van der Waals surface area contributed by atoms with Gasteiger partial charge in [-0.15, -0.1) is 0 Å².